The van der Waals surface area contributed by atoms with Gasteiger partial charge in [0, 0.05) is 37.4 Å². The van der Waals surface area contributed by atoms with Gasteiger partial charge in [-0.25, -0.2) is 4.98 Å². The highest BCUT2D eigenvalue weighted by molar-refractivity contribution is 5.94. The van der Waals surface area contributed by atoms with E-state index in [4.69, 9.17) is 0 Å². The minimum Gasteiger partial charge on any atom is -0.384 e. The molecule has 0 aliphatic carbocycles. The van der Waals surface area contributed by atoms with Gasteiger partial charge in [-0.15, -0.1) is 0 Å². The maximum absolute atomic E-state index is 12.9. The molecule has 2 rings (SSSR count). The molecule has 0 fully saturated rings. The predicted molar refractivity (Wildman–Crippen MR) is 79.9 cm³/mol. The van der Waals surface area contributed by atoms with Crippen molar-refractivity contribution in [3.63, 3.8) is 0 Å². The summed E-state index contributed by atoms with van der Waals surface area (Å²) < 4.78 is 38.8. The molecule has 21 heavy (non-hydrogen) atoms. The molecule has 0 saturated carbocycles. The zero-order valence-electron chi connectivity index (χ0n) is 12.3. The lowest BCUT2D eigenvalue weighted by Crippen LogP contribution is -2.11. The number of hydrogen-bond donors (Lipinski definition) is 1. The van der Waals surface area contributed by atoms with Gasteiger partial charge in [-0.1, -0.05) is 6.92 Å². The van der Waals surface area contributed by atoms with E-state index in [0.717, 1.165) is 18.2 Å². The number of aromatic nitrogens is 1. The molecule has 2 aromatic rings. The van der Waals surface area contributed by atoms with Crippen molar-refractivity contribution < 1.29 is 13.2 Å². The average Bonchev–Trinajstić information content (AvgIpc) is 2.42. The van der Waals surface area contributed by atoms with E-state index >= 15 is 0 Å². The molecule has 1 N–H and O–H groups in total. The monoisotopic (exact) mass is 297 g/mol. The maximum atomic E-state index is 12.9. The predicted octanol–water partition coefficient (Wildman–Crippen LogP) is 4.14. The zero-order chi connectivity index (χ0) is 15.6. The van der Waals surface area contributed by atoms with Gasteiger partial charge < -0.3 is 10.2 Å². The Morgan fingerprint density at radius 3 is 2.48 bits per heavy atom. The van der Waals surface area contributed by atoms with Crippen molar-refractivity contribution in [2.45, 2.75) is 19.5 Å². The minimum absolute atomic E-state index is 0.342. The Morgan fingerprint density at radius 1 is 1.19 bits per heavy atom. The number of pyridine rings is 1. The third-order valence-corrected chi connectivity index (χ3v) is 3.16. The van der Waals surface area contributed by atoms with E-state index in [1.165, 1.54) is 0 Å². The second kappa shape index (κ2) is 5.79. The third kappa shape index (κ3) is 3.37. The summed E-state index contributed by atoms with van der Waals surface area (Å²) in [6.45, 7) is 2.58. The van der Waals surface area contributed by atoms with Crippen LogP contribution in [0.4, 0.5) is 24.5 Å². The van der Waals surface area contributed by atoms with Crippen molar-refractivity contribution in [3.8, 4) is 0 Å². The van der Waals surface area contributed by atoms with Gasteiger partial charge >= 0.3 is 6.18 Å². The van der Waals surface area contributed by atoms with Gasteiger partial charge in [0.2, 0.25) is 0 Å². The van der Waals surface area contributed by atoms with E-state index in [-0.39, 0.29) is 0 Å². The molecular weight excluding hydrogens is 279 g/mol. The fraction of sp³-hybridized carbons (Fsp3) is 0.400. The summed E-state index contributed by atoms with van der Waals surface area (Å²) in [7, 11) is 3.77. The lowest BCUT2D eigenvalue weighted by molar-refractivity contribution is -0.140. The number of fused-ring (bicyclic) bond motifs is 1. The molecule has 1 heterocycles. The van der Waals surface area contributed by atoms with Crippen molar-refractivity contribution in [2.24, 2.45) is 0 Å². The van der Waals surface area contributed by atoms with Crippen LogP contribution in [0.25, 0.3) is 10.9 Å². The Bertz CT molecular complexity index is 636. The first kappa shape index (κ1) is 15.4. The number of nitrogens with one attached hydrogen (secondary N) is 1. The highest BCUT2D eigenvalue weighted by Crippen LogP contribution is 2.34. The van der Waals surface area contributed by atoms with E-state index in [0.29, 0.717) is 23.1 Å². The Morgan fingerprint density at radius 2 is 1.90 bits per heavy atom. The molecule has 0 aliphatic rings. The van der Waals surface area contributed by atoms with E-state index < -0.39 is 11.9 Å². The number of halogens is 3. The number of anilines is 2. The first-order chi connectivity index (χ1) is 9.82. The van der Waals surface area contributed by atoms with Crippen LogP contribution in [0.1, 0.15) is 19.0 Å². The molecule has 0 unspecified atom stereocenters. The maximum Gasteiger partial charge on any atom is 0.433 e. The quantitative estimate of drug-likeness (QED) is 0.919. The van der Waals surface area contributed by atoms with Gasteiger partial charge in [0.05, 0.1) is 5.52 Å². The zero-order valence-corrected chi connectivity index (χ0v) is 12.3. The molecule has 3 nitrogen and oxygen atoms in total. The van der Waals surface area contributed by atoms with Crippen LogP contribution >= 0.6 is 0 Å². The molecule has 0 saturated heterocycles. The van der Waals surface area contributed by atoms with Crippen LogP contribution in [0.3, 0.4) is 0 Å². The van der Waals surface area contributed by atoms with Crippen molar-refractivity contribution >= 4 is 22.3 Å². The van der Waals surface area contributed by atoms with Crippen molar-refractivity contribution in [3.05, 3.63) is 30.0 Å². The number of hydrogen-bond acceptors (Lipinski definition) is 3. The molecule has 0 bridgehead atoms. The van der Waals surface area contributed by atoms with Crippen LogP contribution in [0.2, 0.25) is 0 Å². The van der Waals surface area contributed by atoms with Crippen LogP contribution < -0.4 is 10.2 Å². The van der Waals surface area contributed by atoms with E-state index in [1.54, 1.807) is 12.1 Å². The van der Waals surface area contributed by atoms with Crippen molar-refractivity contribution in [1.82, 2.24) is 4.98 Å². The summed E-state index contributed by atoms with van der Waals surface area (Å²) in [5, 5.41) is 3.75. The first-order valence-corrected chi connectivity index (χ1v) is 6.76. The van der Waals surface area contributed by atoms with Crippen LogP contribution in [0.15, 0.2) is 24.3 Å². The fourth-order valence-electron chi connectivity index (χ4n) is 2.04. The molecule has 0 amide bonds. The molecule has 0 atom stereocenters. The average molecular weight is 297 g/mol. The second-order valence-electron chi connectivity index (χ2n) is 5.08. The van der Waals surface area contributed by atoms with Crippen LogP contribution in [0, 0.1) is 0 Å². The molecule has 0 radical (unpaired) electrons. The van der Waals surface area contributed by atoms with Crippen LogP contribution in [-0.2, 0) is 6.18 Å². The van der Waals surface area contributed by atoms with Crippen LogP contribution in [0.5, 0.6) is 0 Å². The Hall–Kier alpha value is -1.98. The molecule has 6 heteroatoms. The molecular formula is C15H18F3N3. The molecule has 0 aliphatic heterocycles. The Labute approximate surface area is 121 Å². The first-order valence-electron chi connectivity index (χ1n) is 6.76. The lowest BCUT2D eigenvalue weighted by Gasteiger charge is -2.16. The number of alkyl halides is 3. The molecule has 1 aromatic heterocycles. The molecule has 0 spiro atoms. The summed E-state index contributed by atoms with van der Waals surface area (Å²) >= 11 is 0. The van der Waals surface area contributed by atoms with Gasteiger partial charge in [0.1, 0.15) is 5.69 Å². The fourth-order valence-corrected chi connectivity index (χ4v) is 2.04. The lowest BCUT2D eigenvalue weighted by atomic mass is 10.1. The molecule has 114 valence electrons. The van der Waals surface area contributed by atoms with Gasteiger partial charge in [-0.2, -0.15) is 13.2 Å². The van der Waals surface area contributed by atoms with Gasteiger partial charge in [-0.3, -0.25) is 0 Å². The van der Waals surface area contributed by atoms with Gasteiger partial charge in [0.25, 0.3) is 0 Å². The Kier molecular flexibility index (Phi) is 4.25. The smallest absolute Gasteiger partial charge is 0.384 e. The summed E-state index contributed by atoms with van der Waals surface area (Å²) in [4.78, 5) is 5.64. The van der Waals surface area contributed by atoms with Crippen molar-refractivity contribution in [2.75, 3.05) is 30.9 Å². The SMILES string of the molecule is CCCNc1cc(C(F)(F)F)nc2ccc(N(C)C)cc12. The number of nitrogens with zero attached hydrogens (tertiary/aromatic N) is 2. The van der Waals surface area contributed by atoms with E-state index in [1.807, 2.05) is 32.0 Å². The largest absolute Gasteiger partial charge is 0.433 e. The number of rotatable bonds is 4. The van der Waals surface area contributed by atoms with Gasteiger partial charge in [0.15, 0.2) is 0 Å². The highest BCUT2D eigenvalue weighted by atomic mass is 19.4. The second-order valence-corrected chi connectivity index (χ2v) is 5.08. The standard InChI is InChI=1S/C15H18F3N3/c1-4-7-19-13-9-14(15(16,17)18)20-12-6-5-10(21(2)3)8-11(12)13/h5-6,8-9H,4,7H2,1-3H3,(H,19,20). The summed E-state index contributed by atoms with van der Waals surface area (Å²) in [5.74, 6) is 0. The van der Waals surface area contributed by atoms with Crippen molar-refractivity contribution in [1.29, 1.82) is 0 Å². The Balaban J connectivity index is 2.62. The normalized spacial score (nSPS) is 11.7. The van der Waals surface area contributed by atoms with E-state index in [2.05, 4.69) is 10.3 Å². The minimum atomic E-state index is -4.45. The summed E-state index contributed by atoms with van der Waals surface area (Å²) in [6.07, 6.45) is -3.62. The third-order valence-electron chi connectivity index (χ3n) is 3.16. The number of benzene rings is 1. The highest BCUT2D eigenvalue weighted by Gasteiger charge is 2.33. The van der Waals surface area contributed by atoms with Gasteiger partial charge in [-0.05, 0) is 30.7 Å². The van der Waals surface area contributed by atoms with E-state index in [9.17, 15) is 13.2 Å². The molecule has 1 aromatic carbocycles. The summed E-state index contributed by atoms with van der Waals surface area (Å²) in [6, 6.07) is 6.31. The summed E-state index contributed by atoms with van der Waals surface area (Å²) in [5.41, 5.74) is 0.863. The topological polar surface area (TPSA) is 28.2 Å². The van der Waals surface area contributed by atoms with Crippen LogP contribution in [-0.4, -0.2) is 25.6 Å².